The molecule has 1 unspecified atom stereocenters. The summed E-state index contributed by atoms with van der Waals surface area (Å²) in [5, 5.41) is -0.196. The van der Waals surface area contributed by atoms with Gasteiger partial charge in [0.05, 0.1) is 5.25 Å². The summed E-state index contributed by atoms with van der Waals surface area (Å²) in [5.74, 6) is 1.64. The van der Waals surface area contributed by atoms with E-state index in [1.807, 2.05) is 6.07 Å². The summed E-state index contributed by atoms with van der Waals surface area (Å²) in [4.78, 5) is 2.38. The molecule has 2 aliphatic heterocycles. The van der Waals surface area contributed by atoms with Crippen LogP contribution in [-0.4, -0.2) is 51.4 Å². The average Bonchev–Trinajstić information content (AvgIpc) is 3.17. The second-order valence-corrected chi connectivity index (χ2v) is 9.84. The molecular weight excluding hydrogens is 364 g/mol. The third kappa shape index (κ3) is 4.41. The van der Waals surface area contributed by atoms with E-state index in [1.165, 1.54) is 5.56 Å². The Bertz CT molecular complexity index is 746. The van der Waals surface area contributed by atoms with Gasteiger partial charge in [0.1, 0.15) is 13.2 Å². The van der Waals surface area contributed by atoms with Crippen molar-refractivity contribution >= 4 is 10.0 Å². The van der Waals surface area contributed by atoms with Crippen LogP contribution in [0.1, 0.15) is 56.6 Å². The van der Waals surface area contributed by atoms with Crippen molar-refractivity contribution in [2.45, 2.75) is 56.2 Å². The summed E-state index contributed by atoms with van der Waals surface area (Å²) in [7, 11) is -3.18. The molecule has 7 heteroatoms. The molecule has 1 atom stereocenters. The van der Waals surface area contributed by atoms with Gasteiger partial charge in [0.2, 0.25) is 10.0 Å². The molecule has 0 bridgehead atoms. The fraction of sp³-hybridized carbons (Fsp3) is 0.700. The molecule has 1 saturated heterocycles. The molecule has 150 valence electrons. The smallest absolute Gasteiger partial charge is 0.214 e. The molecule has 0 amide bonds. The minimum Gasteiger partial charge on any atom is -0.486 e. The van der Waals surface area contributed by atoms with Crippen LogP contribution < -0.4 is 14.2 Å². The van der Waals surface area contributed by atoms with Crippen LogP contribution >= 0.6 is 0 Å². The zero-order valence-corrected chi connectivity index (χ0v) is 16.7. The molecule has 1 aromatic carbocycles. The molecule has 0 aromatic heterocycles. The number of likely N-dealkylation sites (tertiary alicyclic amines) is 1. The summed E-state index contributed by atoms with van der Waals surface area (Å²) in [6, 6.07) is 6.51. The van der Waals surface area contributed by atoms with Crippen LogP contribution in [-0.2, 0) is 10.0 Å². The van der Waals surface area contributed by atoms with E-state index in [2.05, 4.69) is 21.8 Å². The van der Waals surface area contributed by atoms with Gasteiger partial charge in [-0.2, -0.15) is 0 Å². The summed E-state index contributed by atoms with van der Waals surface area (Å²) < 4.78 is 39.2. The summed E-state index contributed by atoms with van der Waals surface area (Å²) in [6.07, 6.45) is 7.06. The molecule has 0 spiro atoms. The number of sulfonamides is 1. The number of hydrogen-bond donors (Lipinski definition) is 1. The molecule has 2 heterocycles. The lowest BCUT2D eigenvalue weighted by Crippen LogP contribution is -2.40. The van der Waals surface area contributed by atoms with E-state index in [1.54, 1.807) is 0 Å². The second-order valence-electron chi connectivity index (χ2n) is 7.80. The van der Waals surface area contributed by atoms with Gasteiger partial charge in [0, 0.05) is 19.1 Å². The van der Waals surface area contributed by atoms with Crippen LogP contribution in [0.2, 0.25) is 0 Å². The van der Waals surface area contributed by atoms with E-state index in [0.29, 0.717) is 25.8 Å². The monoisotopic (exact) mass is 394 g/mol. The quantitative estimate of drug-likeness (QED) is 0.804. The van der Waals surface area contributed by atoms with Crippen molar-refractivity contribution in [2.75, 3.05) is 32.8 Å². The van der Waals surface area contributed by atoms with Crippen molar-refractivity contribution in [1.29, 1.82) is 0 Å². The lowest BCUT2D eigenvalue weighted by molar-refractivity contribution is 0.170. The first-order chi connectivity index (χ1) is 13.1. The fourth-order valence-electron chi connectivity index (χ4n) is 4.56. The number of fused-ring (bicyclic) bond motifs is 1. The second kappa shape index (κ2) is 8.37. The van der Waals surface area contributed by atoms with Gasteiger partial charge in [0.25, 0.3) is 0 Å². The predicted molar refractivity (Wildman–Crippen MR) is 105 cm³/mol. The molecule has 3 aliphatic rings. The highest BCUT2D eigenvalue weighted by atomic mass is 32.2. The Hall–Kier alpha value is -1.31. The first-order valence-electron chi connectivity index (χ1n) is 10.3. The molecule has 0 radical (unpaired) electrons. The van der Waals surface area contributed by atoms with Gasteiger partial charge in [-0.15, -0.1) is 0 Å². The number of rotatable bonds is 6. The summed E-state index contributed by atoms with van der Waals surface area (Å²) in [6.45, 7) is 3.42. The van der Waals surface area contributed by atoms with Gasteiger partial charge < -0.3 is 9.47 Å². The number of nitrogens with one attached hydrogen (secondary N) is 1. The Morgan fingerprint density at radius 2 is 1.78 bits per heavy atom. The van der Waals surface area contributed by atoms with E-state index in [-0.39, 0.29) is 5.25 Å². The molecule has 1 aliphatic carbocycles. The van der Waals surface area contributed by atoms with Gasteiger partial charge in [0.15, 0.2) is 11.5 Å². The van der Waals surface area contributed by atoms with Crippen LogP contribution in [0.4, 0.5) is 0 Å². The highest BCUT2D eigenvalue weighted by molar-refractivity contribution is 7.90. The standard InChI is InChI=1S/C20H30N2O4S/c23-27(24,17-5-2-1-3-6-17)21-10-12-22-11-4-7-18(22)16-8-9-19-20(15-16)26-14-13-25-19/h8-9,15,17-18,21H,1-7,10-14H2. The lowest BCUT2D eigenvalue weighted by Gasteiger charge is -2.27. The van der Waals surface area contributed by atoms with Crippen molar-refractivity contribution in [3.05, 3.63) is 23.8 Å². The molecule has 1 aromatic rings. The van der Waals surface area contributed by atoms with Gasteiger partial charge in [-0.3, -0.25) is 4.90 Å². The van der Waals surface area contributed by atoms with E-state index in [9.17, 15) is 8.42 Å². The Balaban J connectivity index is 1.35. The predicted octanol–water partition coefficient (Wildman–Crippen LogP) is 2.85. The SMILES string of the molecule is O=S(=O)(NCCN1CCCC1c1ccc2c(c1)OCCO2)C1CCCCC1. The number of hydrogen-bond acceptors (Lipinski definition) is 5. The van der Waals surface area contributed by atoms with Gasteiger partial charge in [-0.25, -0.2) is 13.1 Å². The first-order valence-corrected chi connectivity index (χ1v) is 11.8. The maximum Gasteiger partial charge on any atom is 0.214 e. The molecule has 1 saturated carbocycles. The number of benzene rings is 1. The Morgan fingerprint density at radius 3 is 2.59 bits per heavy atom. The third-order valence-corrected chi connectivity index (χ3v) is 7.96. The minimum atomic E-state index is -3.18. The first kappa shape index (κ1) is 19.0. The topological polar surface area (TPSA) is 67.9 Å². The zero-order valence-electron chi connectivity index (χ0n) is 15.9. The van der Waals surface area contributed by atoms with Crippen LogP contribution in [0.3, 0.4) is 0 Å². The lowest BCUT2D eigenvalue weighted by atomic mass is 10.0. The Morgan fingerprint density at radius 1 is 1.00 bits per heavy atom. The van der Waals surface area contributed by atoms with Crippen molar-refractivity contribution in [2.24, 2.45) is 0 Å². The maximum absolute atomic E-state index is 12.5. The van der Waals surface area contributed by atoms with Crippen LogP contribution in [0, 0.1) is 0 Å². The average molecular weight is 395 g/mol. The van der Waals surface area contributed by atoms with Crippen molar-refractivity contribution in [1.82, 2.24) is 9.62 Å². The van der Waals surface area contributed by atoms with E-state index in [0.717, 1.165) is 69.5 Å². The largest absolute Gasteiger partial charge is 0.486 e. The van der Waals surface area contributed by atoms with Gasteiger partial charge in [-0.1, -0.05) is 25.3 Å². The zero-order chi connectivity index (χ0) is 18.7. The molecule has 1 N–H and O–H groups in total. The Kier molecular flexibility index (Phi) is 5.90. The molecule has 6 nitrogen and oxygen atoms in total. The highest BCUT2D eigenvalue weighted by Crippen LogP contribution is 2.37. The summed E-state index contributed by atoms with van der Waals surface area (Å²) >= 11 is 0. The molecule has 27 heavy (non-hydrogen) atoms. The molecule has 4 rings (SSSR count). The van der Waals surface area contributed by atoms with E-state index < -0.39 is 10.0 Å². The normalized spacial score (nSPS) is 24.2. The third-order valence-electron chi connectivity index (χ3n) is 6.01. The van der Waals surface area contributed by atoms with Crippen LogP contribution in [0.25, 0.3) is 0 Å². The fourth-order valence-corrected chi connectivity index (χ4v) is 6.13. The molecular formula is C20H30N2O4S. The Labute approximate surface area is 162 Å². The van der Waals surface area contributed by atoms with Crippen molar-refractivity contribution < 1.29 is 17.9 Å². The van der Waals surface area contributed by atoms with Gasteiger partial charge in [-0.05, 0) is 49.9 Å². The van der Waals surface area contributed by atoms with Crippen LogP contribution in [0.5, 0.6) is 11.5 Å². The molecule has 2 fully saturated rings. The summed E-state index contributed by atoms with van der Waals surface area (Å²) in [5.41, 5.74) is 1.23. The van der Waals surface area contributed by atoms with Crippen LogP contribution in [0.15, 0.2) is 18.2 Å². The van der Waals surface area contributed by atoms with Gasteiger partial charge >= 0.3 is 0 Å². The highest BCUT2D eigenvalue weighted by Gasteiger charge is 2.29. The number of nitrogens with zero attached hydrogens (tertiary/aromatic N) is 1. The van der Waals surface area contributed by atoms with E-state index in [4.69, 9.17) is 9.47 Å². The van der Waals surface area contributed by atoms with Crippen molar-refractivity contribution in [3.8, 4) is 11.5 Å². The minimum absolute atomic E-state index is 0.196. The number of ether oxygens (including phenoxy) is 2. The van der Waals surface area contributed by atoms with E-state index >= 15 is 0 Å². The van der Waals surface area contributed by atoms with Crippen molar-refractivity contribution in [3.63, 3.8) is 0 Å². The maximum atomic E-state index is 12.5.